The predicted molar refractivity (Wildman–Crippen MR) is 75.1 cm³/mol. The first-order chi connectivity index (χ1) is 8.60. The zero-order valence-electron chi connectivity index (χ0n) is 11.6. The highest BCUT2D eigenvalue weighted by Gasteiger charge is 2.15. The quantitative estimate of drug-likeness (QED) is 0.741. The Balaban J connectivity index is 2.50. The van der Waals surface area contributed by atoms with Crippen LogP contribution in [-0.4, -0.2) is 29.0 Å². The van der Waals surface area contributed by atoms with Gasteiger partial charge in [0.25, 0.3) is 0 Å². The average Bonchev–Trinajstić information content (AvgIpc) is 2.62. The lowest BCUT2D eigenvalue weighted by Crippen LogP contribution is -2.25. The lowest BCUT2D eigenvalue weighted by Gasteiger charge is -2.13. The van der Waals surface area contributed by atoms with Crippen molar-refractivity contribution in [3.63, 3.8) is 0 Å². The molecule has 0 aliphatic carbocycles. The van der Waals surface area contributed by atoms with Crippen molar-refractivity contribution in [1.29, 1.82) is 0 Å². The van der Waals surface area contributed by atoms with E-state index < -0.39 is 0 Å². The maximum Gasteiger partial charge on any atom is 0.0847 e. The maximum atomic E-state index is 6.26. The third kappa shape index (κ3) is 4.26. The van der Waals surface area contributed by atoms with Crippen LogP contribution in [0.3, 0.4) is 0 Å². The molecule has 1 aromatic heterocycles. The third-order valence-corrected chi connectivity index (χ3v) is 3.47. The smallest absolute Gasteiger partial charge is 0.0847 e. The van der Waals surface area contributed by atoms with Crippen LogP contribution in [0.5, 0.6) is 0 Å². The van der Waals surface area contributed by atoms with Gasteiger partial charge in [-0.1, -0.05) is 11.6 Å². The number of hydrogen-bond donors (Lipinski definition) is 1. The van der Waals surface area contributed by atoms with Crippen molar-refractivity contribution < 1.29 is 4.74 Å². The van der Waals surface area contributed by atoms with Gasteiger partial charge in [-0.2, -0.15) is 5.10 Å². The van der Waals surface area contributed by atoms with Gasteiger partial charge < -0.3 is 10.5 Å². The number of halogens is 1. The second-order valence-electron chi connectivity index (χ2n) is 4.47. The summed E-state index contributed by atoms with van der Waals surface area (Å²) in [5.74, 6) is 0. The number of nitrogens with zero attached hydrogens (tertiary/aromatic N) is 2. The molecule has 0 saturated carbocycles. The number of rotatable bonds is 8. The minimum absolute atomic E-state index is 0.115. The van der Waals surface area contributed by atoms with Gasteiger partial charge in [0, 0.05) is 32.2 Å². The third-order valence-electron chi connectivity index (χ3n) is 2.98. The summed E-state index contributed by atoms with van der Waals surface area (Å²) in [5, 5.41) is 5.16. The van der Waals surface area contributed by atoms with Gasteiger partial charge in [-0.3, -0.25) is 4.68 Å². The molecule has 0 bridgehead atoms. The molecule has 1 heterocycles. The van der Waals surface area contributed by atoms with Crippen molar-refractivity contribution in [2.75, 3.05) is 13.2 Å². The van der Waals surface area contributed by atoms with E-state index in [4.69, 9.17) is 22.1 Å². The van der Waals surface area contributed by atoms with Crippen LogP contribution < -0.4 is 5.73 Å². The lowest BCUT2D eigenvalue weighted by molar-refractivity contribution is 0.142. The molecule has 1 rings (SSSR count). The predicted octanol–water partition coefficient (Wildman–Crippen LogP) is 2.55. The number of nitrogens with two attached hydrogens (primary N) is 1. The summed E-state index contributed by atoms with van der Waals surface area (Å²) in [4.78, 5) is 0. The van der Waals surface area contributed by atoms with E-state index in [2.05, 4.69) is 12.0 Å². The van der Waals surface area contributed by atoms with E-state index >= 15 is 0 Å². The van der Waals surface area contributed by atoms with Crippen molar-refractivity contribution in [2.24, 2.45) is 5.73 Å². The van der Waals surface area contributed by atoms with Crippen LogP contribution >= 0.6 is 11.6 Å². The molecule has 0 saturated heterocycles. The number of aromatic nitrogens is 2. The molecule has 0 fully saturated rings. The largest absolute Gasteiger partial charge is 0.382 e. The van der Waals surface area contributed by atoms with Gasteiger partial charge in [0.1, 0.15) is 0 Å². The first kappa shape index (κ1) is 15.5. The Morgan fingerprint density at radius 1 is 1.44 bits per heavy atom. The molecule has 0 radical (unpaired) electrons. The summed E-state index contributed by atoms with van der Waals surface area (Å²) < 4.78 is 7.25. The van der Waals surface area contributed by atoms with E-state index in [1.165, 1.54) is 0 Å². The van der Waals surface area contributed by atoms with Crippen molar-refractivity contribution in [1.82, 2.24) is 9.78 Å². The highest BCUT2D eigenvalue weighted by Crippen LogP contribution is 2.22. The first-order valence-electron chi connectivity index (χ1n) is 6.65. The molecule has 2 N–H and O–H groups in total. The highest BCUT2D eigenvalue weighted by molar-refractivity contribution is 6.31. The number of aryl methyl sites for hydroxylation is 2. The highest BCUT2D eigenvalue weighted by atomic mass is 35.5. The van der Waals surface area contributed by atoms with Crippen LogP contribution in [-0.2, 0) is 17.7 Å². The molecule has 1 aromatic rings. The zero-order valence-corrected chi connectivity index (χ0v) is 12.3. The average molecular weight is 274 g/mol. The second-order valence-corrected chi connectivity index (χ2v) is 4.84. The van der Waals surface area contributed by atoms with E-state index in [1.54, 1.807) is 0 Å². The Labute approximate surface area is 114 Å². The Kier molecular flexibility index (Phi) is 6.68. The molecule has 0 aliphatic rings. The molecular weight excluding hydrogens is 250 g/mol. The molecule has 0 aromatic carbocycles. The van der Waals surface area contributed by atoms with Gasteiger partial charge >= 0.3 is 0 Å². The summed E-state index contributed by atoms with van der Waals surface area (Å²) >= 11 is 6.26. The van der Waals surface area contributed by atoms with Crippen LogP contribution in [0.25, 0.3) is 0 Å². The Morgan fingerprint density at radius 2 is 2.17 bits per heavy atom. The van der Waals surface area contributed by atoms with Crippen molar-refractivity contribution in [2.45, 2.75) is 52.6 Å². The van der Waals surface area contributed by atoms with E-state index in [-0.39, 0.29) is 6.04 Å². The van der Waals surface area contributed by atoms with Crippen LogP contribution in [0.2, 0.25) is 5.02 Å². The van der Waals surface area contributed by atoms with Gasteiger partial charge in [-0.25, -0.2) is 0 Å². The van der Waals surface area contributed by atoms with Gasteiger partial charge in [0.2, 0.25) is 0 Å². The summed E-state index contributed by atoms with van der Waals surface area (Å²) in [6.07, 6.45) is 2.72. The molecule has 0 aliphatic heterocycles. The van der Waals surface area contributed by atoms with E-state index in [0.29, 0.717) is 0 Å². The van der Waals surface area contributed by atoms with E-state index in [1.807, 2.05) is 18.5 Å². The Morgan fingerprint density at radius 3 is 2.78 bits per heavy atom. The van der Waals surface area contributed by atoms with E-state index in [9.17, 15) is 0 Å². The first-order valence-corrected chi connectivity index (χ1v) is 7.03. The molecule has 4 nitrogen and oxygen atoms in total. The van der Waals surface area contributed by atoms with Crippen molar-refractivity contribution >= 4 is 11.6 Å². The molecule has 1 unspecified atom stereocenters. The lowest BCUT2D eigenvalue weighted by atomic mass is 10.1. The van der Waals surface area contributed by atoms with Gasteiger partial charge in [0.05, 0.1) is 16.4 Å². The fourth-order valence-corrected chi connectivity index (χ4v) is 2.22. The van der Waals surface area contributed by atoms with Crippen LogP contribution in [0.4, 0.5) is 0 Å². The minimum Gasteiger partial charge on any atom is -0.382 e. The van der Waals surface area contributed by atoms with Crippen LogP contribution in [0, 0.1) is 6.92 Å². The fraction of sp³-hybridized carbons (Fsp3) is 0.769. The second kappa shape index (κ2) is 7.77. The van der Waals surface area contributed by atoms with Crippen molar-refractivity contribution in [3.05, 3.63) is 16.4 Å². The summed E-state index contributed by atoms with van der Waals surface area (Å²) in [5.41, 5.74) is 8.07. The summed E-state index contributed by atoms with van der Waals surface area (Å²) in [6, 6.07) is 0.115. The van der Waals surface area contributed by atoms with Crippen molar-refractivity contribution in [3.8, 4) is 0 Å². The number of ether oxygens (including phenoxy) is 1. The van der Waals surface area contributed by atoms with Crippen LogP contribution in [0.15, 0.2) is 0 Å². The molecule has 5 heteroatoms. The monoisotopic (exact) mass is 273 g/mol. The number of hydrogen-bond acceptors (Lipinski definition) is 3. The molecule has 104 valence electrons. The maximum absolute atomic E-state index is 6.26. The molecular formula is C13H24ClN3O. The summed E-state index contributed by atoms with van der Waals surface area (Å²) in [7, 11) is 0. The normalized spacial score (nSPS) is 12.9. The standard InChI is InChI=1S/C13H24ClN3O/c1-4-17-12(13(14)10(3)16-17)9-11(15)7-6-8-18-5-2/h11H,4-9,15H2,1-3H3. The minimum atomic E-state index is 0.115. The van der Waals surface area contributed by atoms with Gasteiger partial charge in [-0.15, -0.1) is 0 Å². The van der Waals surface area contributed by atoms with Crippen LogP contribution in [0.1, 0.15) is 38.1 Å². The SMILES string of the molecule is CCOCCCC(N)Cc1c(Cl)c(C)nn1CC. The van der Waals surface area contributed by atoms with Gasteiger partial charge in [-0.05, 0) is 33.6 Å². The molecule has 0 amide bonds. The molecule has 1 atom stereocenters. The topological polar surface area (TPSA) is 53.1 Å². The Bertz CT molecular complexity index is 365. The Hall–Kier alpha value is -0.580. The molecule has 18 heavy (non-hydrogen) atoms. The summed E-state index contributed by atoms with van der Waals surface area (Å²) in [6.45, 7) is 8.37. The molecule has 0 spiro atoms. The van der Waals surface area contributed by atoms with Gasteiger partial charge in [0.15, 0.2) is 0 Å². The van der Waals surface area contributed by atoms with E-state index in [0.717, 1.165) is 55.4 Å². The fourth-order valence-electron chi connectivity index (χ4n) is 2.01. The zero-order chi connectivity index (χ0) is 13.5.